The largest absolute Gasteiger partial charge is 0.357 e. The summed E-state index contributed by atoms with van der Waals surface area (Å²) in [6.07, 6.45) is 5.10. The van der Waals surface area contributed by atoms with E-state index in [0.29, 0.717) is 12.6 Å². The number of nitrogens with zero attached hydrogens (tertiary/aromatic N) is 7. The molecule has 0 amide bonds. The molecule has 0 spiro atoms. The molecule has 0 atom stereocenters. The highest BCUT2D eigenvalue weighted by atomic mass is 32.2. The van der Waals surface area contributed by atoms with Crippen molar-refractivity contribution < 1.29 is 8.42 Å². The predicted octanol–water partition coefficient (Wildman–Crippen LogP) is 1.56. The van der Waals surface area contributed by atoms with Crippen molar-refractivity contribution in [3.8, 4) is 5.69 Å². The van der Waals surface area contributed by atoms with Crippen molar-refractivity contribution in [3.05, 3.63) is 54.5 Å². The van der Waals surface area contributed by atoms with E-state index in [1.165, 1.54) is 6.26 Å². The Morgan fingerprint density at radius 1 is 1.10 bits per heavy atom. The number of hydrogen-bond donors (Lipinski definition) is 0. The zero-order valence-corrected chi connectivity index (χ0v) is 17.9. The van der Waals surface area contributed by atoms with Crippen LogP contribution in [-0.2, 0) is 16.4 Å². The SMILES string of the molecule is CN(Cc1nnnn1-c1ccc(S(C)(=O)=O)cc1)C1CCN(c2ccccn2)CC1. The predicted molar refractivity (Wildman–Crippen MR) is 113 cm³/mol. The molecule has 1 aliphatic rings. The van der Waals surface area contributed by atoms with E-state index in [0.717, 1.165) is 43.3 Å². The van der Waals surface area contributed by atoms with Crippen LogP contribution in [0.15, 0.2) is 53.6 Å². The van der Waals surface area contributed by atoms with Crippen LogP contribution < -0.4 is 4.90 Å². The van der Waals surface area contributed by atoms with Gasteiger partial charge in [0.15, 0.2) is 15.7 Å². The first-order valence-corrected chi connectivity index (χ1v) is 11.7. The lowest BCUT2D eigenvalue weighted by Crippen LogP contribution is -2.43. The van der Waals surface area contributed by atoms with Gasteiger partial charge in [0.05, 0.1) is 17.1 Å². The summed E-state index contributed by atoms with van der Waals surface area (Å²) in [4.78, 5) is 9.32. The number of sulfone groups is 1. The van der Waals surface area contributed by atoms with E-state index >= 15 is 0 Å². The highest BCUT2D eigenvalue weighted by Gasteiger charge is 2.24. The van der Waals surface area contributed by atoms with Gasteiger partial charge in [0.1, 0.15) is 5.82 Å². The smallest absolute Gasteiger partial charge is 0.175 e. The lowest BCUT2D eigenvalue weighted by Gasteiger charge is -2.37. The molecule has 1 saturated heterocycles. The van der Waals surface area contributed by atoms with Crippen LogP contribution in [0.2, 0.25) is 0 Å². The number of benzene rings is 1. The molecule has 0 saturated carbocycles. The number of aromatic nitrogens is 5. The molecule has 10 heteroatoms. The number of tetrazole rings is 1. The van der Waals surface area contributed by atoms with Gasteiger partial charge in [0.2, 0.25) is 0 Å². The lowest BCUT2D eigenvalue weighted by molar-refractivity contribution is 0.194. The molecular weight excluding hydrogens is 402 g/mol. The monoisotopic (exact) mass is 427 g/mol. The minimum absolute atomic E-state index is 0.276. The topological polar surface area (TPSA) is 97.1 Å². The van der Waals surface area contributed by atoms with Crippen LogP contribution in [0.5, 0.6) is 0 Å². The fraction of sp³-hybridized carbons (Fsp3) is 0.400. The standard InChI is InChI=1S/C20H25N7O2S/c1-25(16-10-13-26(14-11-16)19-5-3-4-12-21-19)15-20-22-23-24-27(20)17-6-8-18(9-7-17)30(2,28)29/h3-9,12,16H,10-11,13-15H2,1-2H3. The Labute approximate surface area is 176 Å². The van der Waals surface area contributed by atoms with E-state index in [1.54, 1.807) is 28.9 Å². The van der Waals surface area contributed by atoms with Gasteiger partial charge in [-0.3, -0.25) is 4.90 Å². The zero-order valence-electron chi connectivity index (χ0n) is 17.1. The maximum absolute atomic E-state index is 11.7. The second kappa shape index (κ2) is 8.49. The molecule has 3 heterocycles. The van der Waals surface area contributed by atoms with Crippen molar-refractivity contribution in [1.82, 2.24) is 30.1 Å². The summed E-state index contributed by atoms with van der Waals surface area (Å²) in [5.41, 5.74) is 0.737. The summed E-state index contributed by atoms with van der Waals surface area (Å²) in [6, 6.07) is 13.0. The molecule has 9 nitrogen and oxygen atoms in total. The summed E-state index contributed by atoms with van der Waals surface area (Å²) in [7, 11) is -1.14. The van der Waals surface area contributed by atoms with Crippen molar-refractivity contribution in [2.45, 2.75) is 30.3 Å². The van der Waals surface area contributed by atoms with Gasteiger partial charge in [0, 0.05) is 31.6 Å². The first kappa shape index (κ1) is 20.4. The Kier molecular flexibility index (Phi) is 5.78. The third-order valence-corrected chi connectivity index (χ3v) is 6.62. The first-order valence-electron chi connectivity index (χ1n) is 9.86. The summed E-state index contributed by atoms with van der Waals surface area (Å²) in [5.74, 6) is 1.75. The van der Waals surface area contributed by atoms with Gasteiger partial charge in [-0.2, -0.15) is 4.68 Å². The van der Waals surface area contributed by atoms with Gasteiger partial charge in [0.25, 0.3) is 0 Å². The third kappa shape index (κ3) is 4.49. The highest BCUT2D eigenvalue weighted by Crippen LogP contribution is 2.21. The van der Waals surface area contributed by atoms with E-state index in [2.05, 4.69) is 37.4 Å². The van der Waals surface area contributed by atoms with Crippen molar-refractivity contribution >= 4 is 15.7 Å². The van der Waals surface area contributed by atoms with Crippen molar-refractivity contribution in [2.75, 3.05) is 31.3 Å². The van der Waals surface area contributed by atoms with Crippen molar-refractivity contribution in [1.29, 1.82) is 0 Å². The van der Waals surface area contributed by atoms with Gasteiger partial charge in [-0.1, -0.05) is 6.07 Å². The summed E-state index contributed by atoms with van der Waals surface area (Å²) in [5, 5.41) is 12.1. The van der Waals surface area contributed by atoms with Crippen LogP contribution >= 0.6 is 0 Å². The fourth-order valence-electron chi connectivity index (χ4n) is 3.77. The van der Waals surface area contributed by atoms with E-state index in [9.17, 15) is 8.42 Å². The minimum Gasteiger partial charge on any atom is -0.357 e. The van der Waals surface area contributed by atoms with Crippen LogP contribution in [0, 0.1) is 0 Å². The second-order valence-corrected chi connectivity index (χ2v) is 9.61. The molecule has 0 aliphatic carbocycles. The van der Waals surface area contributed by atoms with E-state index in [1.807, 2.05) is 24.4 Å². The Balaban J connectivity index is 1.40. The van der Waals surface area contributed by atoms with Crippen LogP contribution in [0.1, 0.15) is 18.7 Å². The molecule has 158 valence electrons. The maximum atomic E-state index is 11.7. The van der Waals surface area contributed by atoms with Crippen LogP contribution in [0.25, 0.3) is 5.69 Å². The molecule has 0 bridgehead atoms. The molecule has 1 fully saturated rings. The average Bonchev–Trinajstić information content (AvgIpc) is 3.22. The molecular formula is C20H25N7O2S. The zero-order chi connectivity index (χ0) is 21.1. The summed E-state index contributed by atoms with van der Waals surface area (Å²) < 4.78 is 25.0. The number of pyridine rings is 1. The molecule has 0 radical (unpaired) electrons. The maximum Gasteiger partial charge on any atom is 0.175 e. The lowest BCUT2D eigenvalue weighted by atomic mass is 10.0. The van der Waals surface area contributed by atoms with Gasteiger partial charge < -0.3 is 4.90 Å². The normalized spacial score (nSPS) is 15.6. The first-order chi connectivity index (χ1) is 14.4. The molecule has 30 heavy (non-hydrogen) atoms. The number of piperidine rings is 1. The summed E-state index contributed by atoms with van der Waals surface area (Å²) in [6.45, 7) is 2.53. The molecule has 1 aromatic carbocycles. The van der Waals surface area contributed by atoms with Crippen molar-refractivity contribution in [3.63, 3.8) is 0 Å². The number of rotatable bonds is 6. The van der Waals surface area contributed by atoms with Gasteiger partial charge >= 0.3 is 0 Å². The van der Waals surface area contributed by atoms with Crippen LogP contribution in [-0.4, -0.2) is 70.9 Å². The van der Waals surface area contributed by atoms with E-state index in [-0.39, 0.29) is 4.90 Å². The highest BCUT2D eigenvalue weighted by molar-refractivity contribution is 7.90. The Hall–Kier alpha value is -2.85. The summed E-state index contributed by atoms with van der Waals surface area (Å²) >= 11 is 0. The van der Waals surface area contributed by atoms with Gasteiger partial charge in [-0.25, -0.2) is 13.4 Å². The Morgan fingerprint density at radius 2 is 1.83 bits per heavy atom. The number of hydrogen-bond acceptors (Lipinski definition) is 8. The van der Waals surface area contributed by atoms with Crippen LogP contribution in [0.3, 0.4) is 0 Å². The molecule has 0 unspecified atom stereocenters. The molecule has 0 N–H and O–H groups in total. The Bertz CT molecular complexity index is 1080. The number of anilines is 1. The van der Waals surface area contributed by atoms with Crippen molar-refractivity contribution in [2.24, 2.45) is 0 Å². The molecule has 3 aromatic rings. The third-order valence-electron chi connectivity index (χ3n) is 5.50. The van der Waals surface area contributed by atoms with Crippen LogP contribution in [0.4, 0.5) is 5.82 Å². The average molecular weight is 428 g/mol. The quantitative estimate of drug-likeness (QED) is 0.585. The van der Waals surface area contributed by atoms with E-state index in [4.69, 9.17) is 0 Å². The Morgan fingerprint density at radius 3 is 2.47 bits per heavy atom. The molecule has 4 rings (SSSR count). The van der Waals surface area contributed by atoms with Gasteiger partial charge in [-0.05, 0) is 66.7 Å². The molecule has 1 aliphatic heterocycles. The molecule has 2 aromatic heterocycles. The van der Waals surface area contributed by atoms with E-state index < -0.39 is 9.84 Å². The fourth-order valence-corrected chi connectivity index (χ4v) is 4.40. The second-order valence-electron chi connectivity index (χ2n) is 7.59. The minimum atomic E-state index is -3.23. The van der Waals surface area contributed by atoms with Gasteiger partial charge in [-0.15, -0.1) is 5.10 Å².